The summed E-state index contributed by atoms with van der Waals surface area (Å²) in [5.74, 6) is 0.250. The fraction of sp³-hybridized carbons (Fsp3) is 0.609. The number of carbonyl (C=O) groups is 2. The number of piperidine rings is 1. The van der Waals surface area contributed by atoms with Gasteiger partial charge in [-0.3, -0.25) is 10.2 Å². The Morgan fingerprint density at radius 3 is 2.09 bits per heavy atom. The number of rotatable bonds is 6. The Hall–Kier alpha value is -2.19. The van der Waals surface area contributed by atoms with E-state index in [0.29, 0.717) is 44.1 Å². The quantitative estimate of drug-likeness (QED) is 0.352. The Balaban J connectivity index is 0.00000272. The number of piperazine rings is 1. The summed E-state index contributed by atoms with van der Waals surface area (Å²) in [7, 11) is 0. The second-order valence-corrected chi connectivity index (χ2v) is 8.56. The number of anilines is 1. The summed E-state index contributed by atoms with van der Waals surface area (Å²) in [5.41, 5.74) is 7.32. The zero-order valence-electron chi connectivity index (χ0n) is 19.5. The van der Waals surface area contributed by atoms with Gasteiger partial charge >= 0.3 is 12.0 Å². The molecular formula is C23H37Cl2N5O3. The van der Waals surface area contributed by atoms with Gasteiger partial charge in [-0.05, 0) is 56.4 Å². The van der Waals surface area contributed by atoms with Crippen LogP contribution in [0.2, 0.25) is 0 Å². The van der Waals surface area contributed by atoms with Gasteiger partial charge in [0.05, 0.1) is 6.10 Å². The van der Waals surface area contributed by atoms with E-state index in [4.69, 9.17) is 15.9 Å². The highest BCUT2D eigenvalue weighted by Gasteiger charge is 2.29. The molecule has 2 saturated heterocycles. The van der Waals surface area contributed by atoms with Crippen LogP contribution in [-0.2, 0) is 9.53 Å². The minimum absolute atomic E-state index is 0. The van der Waals surface area contributed by atoms with Gasteiger partial charge < -0.3 is 25.2 Å². The minimum Gasteiger partial charge on any atom is -0.463 e. The lowest BCUT2D eigenvalue weighted by Crippen LogP contribution is -2.54. The molecule has 2 aliphatic heterocycles. The molecule has 0 radical (unpaired) electrons. The predicted octanol–water partition coefficient (Wildman–Crippen LogP) is 3.50. The molecule has 0 spiro atoms. The molecule has 0 saturated carbocycles. The molecule has 2 heterocycles. The number of likely N-dealkylation sites (tertiary alicyclic amines) is 1. The topological polar surface area (TPSA) is 103 Å². The smallest absolute Gasteiger partial charge is 0.320 e. The summed E-state index contributed by atoms with van der Waals surface area (Å²) in [4.78, 5) is 31.0. The van der Waals surface area contributed by atoms with E-state index in [2.05, 4.69) is 4.90 Å². The summed E-state index contributed by atoms with van der Waals surface area (Å²) in [6.45, 7) is 8.26. The number of amides is 2. The van der Waals surface area contributed by atoms with Crippen LogP contribution in [0.1, 0.15) is 45.1 Å². The van der Waals surface area contributed by atoms with Crippen LogP contribution in [0.4, 0.5) is 10.5 Å². The van der Waals surface area contributed by atoms with Gasteiger partial charge in [0.2, 0.25) is 0 Å². The number of hydrogen-bond acceptors (Lipinski definition) is 5. The number of nitrogens with two attached hydrogens (primary N) is 1. The molecule has 0 bridgehead atoms. The molecule has 0 aromatic heterocycles. The fourth-order valence-electron chi connectivity index (χ4n) is 4.13. The summed E-state index contributed by atoms with van der Waals surface area (Å²) in [6, 6.07) is 7.78. The SMILES string of the molecule is CC[C@@H](C)OC(=O)CC1CCN(C(=O)N2CCN(c3ccc(C(=N)N)cc3)CC2)CC1.Cl.Cl. The van der Waals surface area contributed by atoms with Crippen LogP contribution in [0, 0.1) is 11.3 Å². The van der Waals surface area contributed by atoms with Crippen LogP contribution in [-0.4, -0.2) is 73.0 Å². The van der Waals surface area contributed by atoms with Gasteiger partial charge in [-0.2, -0.15) is 0 Å². The number of nitrogens with one attached hydrogen (secondary N) is 1. The van der Waals surface area contributed by atoms with Crippen molar-refractivity contribution in [1.29, 1.82) is 5.41 Å². The average Bonchev–Trinajstić information content (AvgIpc) is 2.79. The summed E-state index contributed by atoms with van der Waals surface area (Å²) in [6.07, 6.45) is 2.96. The first-order chi connectivity index (χ1) is 14.9. The number of benzene rings is 1. The van der Waals surface area contributed by atoms with Crippen LogP contribution >= 0.6 is 24.8 Å². The molecule has 0 aliphatic carbocycles. The maximum Gasteiger partial charge on any atom is 0.320 e. The van der Waals surface area contributed by atoms with E-state index in [-0.39, 0.29) is 48.8 Å². The number of ether oxygens (including phenoxy) is 1. The molecule has 33 heavy (non-hydrogen) atoms. The van der Waals surface area contributed by atoms with Crippen molar-refractivity contribution in [2.24, 2.45) is 11.7 Å². The standard InChI is InChI=1S/C23H35N5O3.2ClH/c1-3-17(2)31-21(29)16-18-8-10-27(11-9-18)23(30)28-14-12-26(13-15-28)20-6-4-19(5-7-20)22(24)25;;/h4-7,17-18H,3,8-16H2,1-2H3,(H3,24,25);2*1H/t17-;;/m1../s1. The zero-order chi connectivity index (χ0) is 22.4. The van der Waals surface area contributed by atoms with Gasteiger partial charge in [0.15, 0.2) is 0 Å². The Labute approximate surface area is 209 Å². The Kier molecular flexibility index (Phi) is 11.8. The lowest BCUT2D eigenvalue weighted by molar-refractivity contribution is -0.149. The molecule has 0 unspecified atom stereocenters. The van der Waals surface area contributed by atoms with Crippen molar-refractivity contribution in [2.45, 2.75) is 45.6 Å². The molecule has 1 aromatic rings. The number of urea groups is 1. The van der Waals surface area contributed by atoms with Gasteiger partial charge in [0, 0.05) is 56.9 Å². The normalized spacial score (nSPS) is 17.5. The van der Waals surface area contributed by atoms with E-state index in [1.165, 1.54) is 0 Å². The number of carbonyl (C=O) groups excluding carboxylic acids is 2. The monoisotopic (exact) mass is 501 g/mol. The molecule has 3 rings (SSSR count). The van der Waals surface area contributed by atoms with Crippen LogP contribution in [0.5, 0.6) is 0 Å². The lowest BCUT2D eigenvalue weighted by Gasteiger charge is -2.40. The van der Waals surface area contributed by atoms with Gasteiger partial charge in [-0.1, -0.05) is 6.92 Å². The molecule has 8 nitrogen and oxygen atoms in total. The first-order valence-corrected chi connectivity index (χ1v) is 11.3. The van der Waals surface area contributed by atoms with Crippen molar-refractivity contribution in [3.05, 3.63) is 29.8 Å². The van der Waals surface area contributed by atoms with Crippen LogP contribution in [0.3, 0.4) is 0 Å². The third-order valence-electron chi connectivity index (χ3n) is 6.34. The molecule has 3 N–H and O–H groups in total. The van der Waals surface area contributed by atoms with Gasteiger partial charge in [0.25, 0.3) is 0 Å². The van der Waals surface area contributed by atoms with Crippen LogP contribution in [0.15, 0.2) is 24.3 Å². The lowest BCUT2D eigenvalue weighted by atomic mass is 9.94. The van der Waals surface area contributed by atoms with E-state index in [1.54, 1.807) is 0 Å². The Bertz CT molecular complexity index is 777. The average molecular weight is 502 g/mol. The third kappa shape index (κ3) is 7.96. The molecule has 1 aromatic carbocycles. The van der Waals surface area contributed by atoms with Crippen LogP contribution in [0.25, 0.3) is 0 Å². The summed E-state index contributed by atoms with van der Waals surface area (Å²) < 4.78 is 5.39. The minimum atomic E-state index is -0.119. The molecule has 2 fully saturated rings. The first kappa shape index (κ1) is 28.8. The van der Waals surface area contributed by atoms with E-state index in [0.717, 1.165) is 38.0 Å². The number of nitrogens with zero attached hydrogens (tertiary/aromatic N) is 3. The predicted molar refractivity (Wildman–Crippen MR) is 136 cm³/mol. The maximum atomic E-state index is 12.9. The molecule has 186 valence electrons. The second-order valence-electron chi connectivity index (χ2n) is 8.56. The van der Waals surface area contributed by atoms with Crippen molar-refractivity contribution < 1.29 is 14.3 Å². The Morgan fingerprint density at radius 2 is 1.58 bits per heavy atom. The number of nitrogen functional groups attached to an aromatic ring is 1. The molecule has 2 aliphatic rings. The first-order valence-electron chi connectivity index (χ1n) is 11.3. The van der Waals surface area contributed by atoms with Gasteiger partial charge in [-0.25, -0.2) is 4.79 Å². The van der Waals surface area contributed by atoms with E-state index < -0.39 is 0 Å². The summed E-state index contributed by atoms with van der Waals surface area (Å²) in [5, 5.41) is 7.49. The van der Waals surface area contributed by atoms with Crippen molar-refractivity contribution in [3.63, 3.8) is 0 Å². The second kappa shape index (κ2) is 13.5. The summed E-state index contributed by atoms with van der Waals surface area (Å²) >= 11 is 0. The number of hydrogen-bond donors (Lipinski definition) is 2. The zero-order valence-corrected chi connectivity index (χ0v) is 21.1. The fourth-order valence-corrected chi connectivity index (χ4v) is 4.13. The molecular weight excluding hydrogens is 465 g/mol. The largest absolute Gasteiger partial charge is 0.463 e. The molecule has 10 heteroatoms. The number of esters is 1. The van der Waals surface area contributed by atoms with E-state index >= 15 is 0 Å². The highest BCUT2D eigenvalue weighted by atomic mass is 35.5. The van der Waals surface area contributed by atoms with Crippen molar-refractivity contribution in [3.8, 4) is 0 Å². The third-order valence-corrected chi connectivity index (χ3v) is 6.34. The molecule has 1 atom stereocenters. The van der Waals surface area contributed by atoms with Gasteiger partial charge in [-0.15, -0.1) is 24.8 Å². The van der Waals surface area contributed by atoms with Crippen molar-refractivity contribution in [1.82, 2.24) is 9.80 Å². The van der Waals surface area contributed by atoms with E-state index in [1.807, 2.05) is 47.9 Å². The Morgan fingerprint density at radius 1 is 1.03 bits per heavy atom. The van der Waals surface area contributed by atoms with Crippen molar-refractivity contribution >= 4 is 48.3 Å². The number of halogens is 2. The van der Waals surface area contributed by atoms with Crippen molar-refractivity contribution in [2.75, 3.05) is 44.2 Å². The maximum absolute atomic E-state index is 12.9. The number of amidine groups is 1. The highest BCUT2D eigenvalue weighted by Crippen LogP contribution is 2.23. The highest BCUT2D eigenvalue weighted by molar-refractivity contribution is 5.95. The van der Waals surface area contributed by atoms with Gasteiger partial charge in [0.1, 0.15) is 5.84 Å². The molecule has 2 amide bonds. The van der Waals surface area contributed by atoms with Crippen LogP contribution < -0.4 is 10.6 Å². The van der Waals surface area contributed by atoms with E-state index in [9.17, 15) is 9.59 Å².